The average molecular weight is 392 g/mol. The largest absolute Gasteiger partial charge is 0.459 e. The van der Waals surface area contributed by atoms with Crippen molar-refractivity contribution in [3.8, 4) is 0 Å². The van der Waals surface area contributed by atoms with Gasteiger partial charge in [0.05, 0.1) is 24.1 Å². The Balaban J connectivity index is 1.44. The molecule has 3 aromatic rings. The van der Waals surface area contributed by atoms with E-state index in [1.54, 1.807) is 21.9 Å². The average Bonchev–Trinajstić information content (AvgIpc) is 3.37. The lowest BCUT2D eigenvalue weighted by molar-refractivity contribution is 0.0517. The molecule has 2 aromatic heterocycles. The van der Waals surface area contributed by atoms with Gasteiger partial charge in [-0.3, -0.25) is 14.3 Å². The highest BCUT2D eigenvalue weighted by Crippen LogP contribution is 2.19. The summed E-state index contributed by atoms with van der Waals surface area (Å²) in [6.07, 6.45) is 1.49. The predicted octanol–water partition coefficient (Wildman–Crippen LogP) is 2.74. The number of furan rings is 1. The van der Waals surface area contributed by atoms with Crippen molar-refractivity contribution in [2.75, 3.05) is 26.2 Å². The second-order valence-corrected chi connectivity index (χ2v) is 7.25. The zero-order valence-electron chi connectivity index (χ0n) is 16.7. The van der Waals surface area contributed by atoms with E-state index >= 15 is 0 Å². The summed E-state index contributed by atoms with van der Waals surface area (Å²) in [5, 5.41) is 4.59. The van der Waals surface area contributed by atoms with Crippen LogP contribution in [0, 0.1) is 13.8 Å². The molecule has 0 atom stereocenters. The minimum absolute atomic E-state index is 0.0237. The summed E-state index contributed by atoms with van der Waals surface area (Å²) in [5.74, 6) is 0.174. The number of hydrogen-bond donors (Lipinski definition) is 0. The van der Waals surface area contributed by atoms with Gasteiger partial charge >= 0.3 is 0 Å². The molecule has 1 aliphatic rings. The number of carbonyl (C=O) groups is 2. The molecular weight excluding hydrogens is 368 g/mol. The van der Waals surface area contributed by atoms with Crippen LogP contribution in [0.3, 0.4) is 0 Å². The fourth-order valence-electron chi connectivity index (χ4n) is 3.74. The lowest BCUT2D eigenvalue weighted by atomic mass is 10.1. The molecule has 7 heteroatoms. The quantitative estimate of drug-likeness (QED) is 0.684. The fourth-order valence-corrected chi connectivity index (χ4v) is 3.74. The second-order valence-electron chi connectivity index (χ2n) is 7.25. The predicted molar refractivity (Wildman–Crippen MR) is 108 cm³/mol. The number of rotatable bonds is 4. The van der Waals surface area contributed by atoms with Crippen molar-refractivity contribution >= 4 is 11.8 Å². The first-order valence-electron chi connectivity index (χ1n) is 9.74. The summed E-state index contributed by atoms with van der Waals surface area (Å²) in [6, 6.07) is 13.4. The molecule has 29 heavy (non-hydrogen) atoms. The van der Waals surface area contributed by atoms with Crippen LogP contribution in [-0.2, 0) is 6.54 Å². The van der Waals surface area contributed by atoms with Crippen LogP contribution in [0.2, 0.25) is 0 Å². The third kappa shape index (κ3) is 3.81. The first kappa shape index (κ1) is 19.0. The molecule has 0 unspecified atom stereocenters. The number of benzene rings is 1. The summed E-state index contributed by atoms with van der Waals surface area (Å²) >= 11 is 0. The van der Waals surface area contributed by atoms with Crippen LogP contribution in [0.4, 0.5) is 0 Å². The molecule has 0 N–H and O–H groups in total. The Kier molecular flexibility index (Phi) is 5.20. The van der Waals surface area contributed by atoms with Crippen molar-refractivity contribution in [2.45, 2.75) is 20.4 Å². The number of hydrogen-bond acceptors (Lipinski definition) is 4. The van der Waals surface area contributed by atoms with Crippen molar-refractivity contribution in [2.24, 2.45) is 0 Å². The number of aromatic nitrogens is 2. The standard InChI is InChI=1S/C22H24N4O3/c1-16-20(17(2)26(23-16)15-18-7-4-3-5-8-18)22(28)25-12-10-24(11-13-25)21(27)19-9-6-14-29-19/h3-9,14H,10-13,15H2,1-2H3. The summed E-state index contributed by atoms with van der Waals surface area (Å²) in [6.45, 7) is 6.41. The maximum atomic E-state index is 13.2. The summed E-state index contributed by atoms with van der Waals surface area (Å²) < 4.78 is 7.08. The highest BCUT2D eigenvalue weighted by molar-refractivity contribution is 5.97. The number of nitrogens with zero attached hydrogens (tertiary/aromatic N) is 4. The highest BCUT2D eigenvalue weighted by Gasteiger charge is 2.29. The van der Waals surface area contributed by atoms with Crippen LogP contribution in [-0.4, -0.2) is 57.6 Å². The van der Waals surface area contributed by atoms with Gasteiger partial charge in [-0.25, -0.2) is 0 Å². The van der Waals surface area contributed by atoms with E-state index in [0.717, 1.165) is 17.0 Å². The van der Waals surface area contributed by atoms with Crippen LogP contribution in [0.5, 0.6) is 0 Å². The molecule has 1 saturated heterocycles. The lowest BCUT2D eigenvalue weighted by Gasteiger charge is -2.34. The molecule has 0 bridgehead atoms. The van der Waals surface area contributed by atoms with Gasteiger partial charge in [0.15, 0.2) is 5.76 Å². The smallest absolute Gasteiger partial charge is 0.289 e. The highest BCUT2D eigenvalue weighted by atomic mass is 16.3. The van der Waals surface area contributed by atoms with Crippen LogP contribution in [0.15, 0.2) is 53.1 Å². The van der Waals surface area contributed by atoms with Gasteiger partial charge in [-0.15, -0.1) is 0 Å². The zero-order valence-corrected chi connectivity index (χ0v) is 16.7. The Labute approximate surface area is 169 Å². The van der Waals surface area contributed by atoms with Gasteiger partial charge in [0, 0.05) is 31.9 Å². The normalized spacial score (nSPS) is 14.3. The second kappa shape index (κ2) is 7.95. The molecule has 1 aliphatic heterocycles. The first-order chi connectivity index (χ1) is 14.0. The Hall–Kier alpha value is -3.35. The van der Waals surface area contributed by atoms with E-state index in [1.165, 1.54) is 6.26 Å². The first-order valence-corrected chi connectivity index (χ1v) is 9.74. The van der Waals surface area contributed by atoms with Gasteiger partial charge in [-0.1, -0.05) is 30.3 Å². The Morgan fingerprint density at radius 3 is 2.21 bits per heavy atom. The number of carbonyl (C=O) groups excluding carboxylic acids is 2. The van der Waals surface area contributed by atoms with Crippen LogP contribution < -0.4 is 0 Å². The third-order valence-electron chi connectivity index (χ3n) is 5.36. The van der Waals surface area contributed by atoms with E-state index in [2.05, 4.69) is 5.10 Å². The fraction of sp³-hybridized carbons (Fsp3) is 0.318. The van der Waals surface area contributed by atoms with Crippen LogP contribution in [0.25, 0.3) is 0 Å². The third-order valence-corrected chi connectivity index (χ3v) is 5.36. The number of aryl methyl sites for hydroxylation is 1. The van der Waals surface area contributed by atoms with Crippen molar-refractivity contribution < 1.29 is 14.0 Å². The summed E-state index contributed by atoms with van der Waals surface area (Å²) in [5.41, 5.74) is 3.40. The van der Waals surface area contributed by atoms with E-state index in [9.17, 15) is 9.59 Å². The maximum absolute atomic E-state index is 13.2. The van der Waals surface area contributed by atoms with Gasteiger partial charge in [0.1, 0.15) is 0 Å². The van der Waals surface area contributed by atoms with E-state index in [-0.39, 0.29) is 11.8 Å². The van der Waals surface area contributed by atoms with Crippen molar-refractivity contribution in [3.05, 3.63) is 77.0 Å². The Bertz CT molecular complexity index is 1000. The van der Waals surface area contributed by atoms with Gasteiger partial charge in [0.25, 0.3) is 11.8 Å². The van der Waals surface area contributed by atoms with Crippen molar-refractivity contribution in [1.82, 2.24) is 19.6 Å². The molecule has 0 spiro atoms. The van der Waals surface area contributed by atoms with Crippen molar-refractivity contribution in [3.63, 3.8) is 0 Å². The lowest BCUT2D eigenvalue weighted by Crippen LogP contribution is -2.50. The van der Waals surface area contributed by atoms with Crippen LogP contribution in [0.1, 0.15) is 37.9 Å². The topological polar surface area (TPSA) is 71.6 Å². The van der Waals surface area contributed by atoms with Gasteiger partial charge < -0.3 is 14.2 Å². The maximum Gasteiger partial charge on any atom is 0.289 e. The molecule has 150 valence electrons. The molecule has 3 heterocycles. The molecule has 0 radical (unpaired) electrons. The molecule has 2 amide bonds. The minimum atomic E-state index is -0.134. The van der Waals surface area contributed by atoms with Gasteiger partial charge in [-0.2, -0.15) is 5.10 Å². The molecule has 4 rings (SSSR count). The summed E-state index contributed by atoms with van der Waals surface area (Å²) in [7, 11) is 0. The monoisotopic (exact) mass is 392 g/mol. The van der Waals surface area contributed by atoms with Gasteiger partial charge in [0.2, 0.25) is 0 Å². The molecular formula is C22H24N4O3. The molecule has 1 fully saturated rings. The number of amides is 2. The summed E-state index contributed by atoms with van der Waals surface area (Å²) in [4.78, 5) is 29.1. The number of piperazine rings is 1. The SMILES string of the molecule is Cc1nn(Cc2ccccc2)c(C)c1C(=O)N1CCN(C(=O)c2ccco2)CC1. The van der Waals surface area contributed by atoms with E-state index in [4.69, 9.17) is 4.42 Å². The molecule has 1 aromatic carbocycles. The van der Waals surface area contributed by atoms with E-state index in [1.807, 2.05) is 48.9 Å². The van der Waals surface area contributed by atoms with Gasteiger partial charge in [-0.05, 0) is 31.5 Å². The van der Waals surface area contributed by atoms with E-state index in [0.29, 0.717) is 44.0 Å². The van der Waals surface area contributed by atoms with E-state index < -0.39 is 0 Å². The Morgan fingerprint density at radius 1 is 0.931 bits per heavy atom. The Morgan fingerprint density at radius 2 is 1.59 bits per heavy atom. The van der Waals surface area contributed by atoms with Crippen molar-refractivity contribution in [1.29, 1.82) is 0 Å². The molecule has 7 nitrogen and oxygen atoms in total. The molecule has 0 saturated carbocycles. The zero-order chi connectivity index (χ0) is 20.4. The van der Waals surface area contributed by atoms with Crippen LogP contribution >= 0.6 is 0 Å². The minimum Gasteiger partial charge on any atom is -0.459 e. The molecule has 0 aliphatic carbocycles.